The van der Waals surface area contributed by atoms with Gasteiger partial charge in [0.15, 0.2) is 0 Å². The molecule has 2 heterocycles. The van der Waals surface area contributed by atoms with Gasteiger partial charge in [-0.2, -0.15) is 5.10 Å². The summed E-state index contributed by atoms with van der Waals surface area (Å²) in [6.45, 7) is 0. The number of aromatic amines is 2. The Bertz CT molecular complexity index is 914. The standard InChI is InChI=1S/C14H12N4O3/c19-13(20)11-6-9(16-17-11)7-1-4-12-10(5-7)15-14(21)18(12)8-2-3-8/h1,4-6,8H,2-3H2,(H,15,21)(H,16,17)(H,19,20). The largest absolute Gasteiger partial charge is 0.477 e. The van der Waals surface area contributed by atoms with Crippen molar-refractivity contribution >= 4 is 17.0 Å². The summed E-state index contributed by atoms with van der Waals surface area (Å²) in [6, 6.07) is 7.31. The number of H-pyrrole nitrogens is 2. The number of carbonyl (C=O) groups is 1. The molecule has 0 saturated heterocycles. The molecule has 0 aliphatic heterocycles. The number of hydrogen-bond donors (Lipinski definition) is 3. The third-order valence-corrected chi connectivity index (χ3v) is 3.73. The average Bonchev–Trinajstić information content (AvgIpc) is 3.05. The lowest BCUT2D eigenvalue weighted by Crippen LogP contribution is -2.14. The third kappa shape index (κ3) is 1.85. The average molecular weight is 284 g/mol. The molecule has 1 aliphatic carbocycles. The van der Waals surface area contributed by atoms with Crippen LogP contribution in [0.3, 0.4) is 0 Å². The van der Waals surface area contributed by atoms with Crippen LogP contribution in [0, 0.1) is 0 Å². The molecular weight excluding hydrogens is 272 g/mol. The van der Waals surface area contributed by atoms with Crippen LogP contribution in [0.1, 0.15) is 29.4 Å². The first kappa shape index (κ1) is 12.0. The van der Waals surface area contributed by atoms with E-state index in [-0.39, 0.29) is 11.4 Å². The van der Waals surface area contributed by atoms with Crippen molar-refractivity contribution in [3.63, 3.8) is 0 Å². The van der Waals surface area contributed by atoms with Crippen LogP contribution < -0.4 is 5.69 Å². The molecule has 3 aromatic rings. The van der Waals surface area contributed by atoms with Crippen molar-refractivity contribution < 1.29 is 9.90 Å². The summed E-state index contributed by atoms with van der Waals surface area (Å²) in [6.07, 6.45) is 2.08. The van der Waals surface area contributed by atoms with Gasteiger partial charge >= 0.3 is 11.7 Å². The number of benzene rings is 1. The first-order chi connectivity index (χ1) is 10.1. The van der Waals surface area contributed by atoms with Crippen molar-refractivity contribution in [1.29, 1.82) is 0 Å². The zero-order chi connectivity index (χ0) is 14.6. The van der Waals surface area contributed by atoms with E-state index >= 15 is 0 Å². The summed E-state index contributed by atoms with van der Waals surface area (Å²) in [5.41, 5.74) is 2.85. The van der Waals surface area contributed by atoms with Gasteiger partial charge < -0.3 is 10.1 Å². The van der Waals surface area contributed by atoms with E-state index in [9.17, 15) is 9.59 Å². The smallest absolute Gasteiger partial charge is 0.353 e. The quantitative estimate of drug-likeness (QED) is 0.681. The third-order valence-electron chi connectivity index (χ3n) is 3.73. The maximum absolute atomic E-state index is 12.0. The maximum atomic E-state index is 12.0. The van der Waals surface area contributed by atoms with E-state index in [2.05, 4.69) is 15.2 Å². The van der Waals surface area contributed by atoms with E-state index in [1.54, 1.807) is 4.57 Å². The van der Waals surface area contributed by atoms with E-state index in [4.69, 9.17) is 5.11 Å². The van der Waals surface area contributed by atoms with E-state index in [0.717, 1.165) is 29.4 Å². The molecule has 7 nitrogen and oxygen atoms in total. The Morgan fingerprint density at radius 1 is 1.33 bits per heavy atom. The number of carboxylic acid groups (broad SMARTS) is 1. The Labute approximate surface area is 118 Å². The van der Waals surface area contributed by atoms with Gasteiger partial charge in [0.05, 0.1) is 16.7 Å². The second-order valence-corrected chi connectivity index (χ2v) is 5.24. The minimum absolute atomic E-state index is 0.0362. The maximum Gasteiger partial charge on any atom is 0.353 e. The molecule has 21 heavy (non-hydrogen) atoms. The minimum Gasteiger partial charge on any atom is -0.477 e. The number of rotatable bonds is 3. The molecule has 1 fully saturated rings. The molecule has 0 atom stereocenters. The number of fused-ring (bicyclic) bond motifs is 1. The van der Waals surface area contributed by atoms with Gasteiger partial charge in [-0.1, -0.05) is 6.07 Å². The Hall–Kier alpha value is -2.83. The van der Waals surface area contributed by atoms with Crippen LogP contribution in [0.2, 0.25) is 0 Å². The Morgan fingerprint density at radius 2 is 2.14 bits per heavy atom. The highest BCUT2D eigenvalue weighted by Gasteiger charge is 2.27. The van der Waals surface area contributed by atoms with Crippen molar-refractivity contribution in [2.45, 2.75) is 18.9 Å². The number of carboxylic acids is 1. The van der Waals surface area contributed by atoms with E-state index < -0.39 is 5.97 Å². The predicted octanol–water partition coefficient (Wildman–Crippen LogP) is 1.75. The van der Waals surface area contributed by atoms with Gasteiger partial charge in [0.2, 0.25) is 0 Å². The number of hydrogen-bond acceptors (Lipinski definition) is 3. The topological polar surface area (TPSA) is 104 Å². The van der Waals surface area contributed by atoms with E-state index in [1.807, 2.05) is 18.2 Å². The molecule has 7 heteroatoms. The summed E-state index contributed by atoms with van der Waals surface area (Å²) >= 11 is 0. The number of aromatic nitrogens is 4. The Balaban J connectivity index is 1.83. The van der Waals surface area contributed by atoms with Crippen LogP contribution >= 0.6 is 0 Å². The minimum atomic E-state index is -1.05. The molecule has 2 aromatic heterocycles. The Kier molecular flexibility index (Phi) is 2.32. The number of nitrogens with one attached hydrogen (secondary N) is 2. The van der Waals surface area contributed by atoms with Gasteiger partial charge in [-0.05, 0) is 31.0 Å². The fourth-order valence-electron chi connectivity index (χ4n) is 2.56. The van der Waals surface area contributed by atoms with E-state index in [1.165, 1.54) is 6.07 Å². The molecule has 4 rings (SSSR count). The molecule has 0 amide bonds. The highest BCUT2D eigenvalue weighted by atomic mass is 16.4. The normalized spacial score (nSPS) is 14.7. The molecule has 1 aromatic carbocycles. The van der Waals surface area contributed by atoms with Crippen LogP contribution in [0.25, 0.3) is 22.3 Å². The summed E-state index contributed by atoms with van der Waals surface area (Å²) < 4.78 is 1.78. The van der Waals surface area contributed by atoms with Crippen molar-refractivity contribution in [1.82, 2.24) is 19.7 Å². The fourth-order valence-corrected chi connectivity index (χ4v) is 2.56. The molecule has 0 bridgehead atoms. The first-order valence-electron chi connectivity index (χ1n) is 6.67. The van der Waals surface area contributed by atoms with Gasteiger partial charge in [0.25, 0.3) is 0 Å². The van der Waals surface area contributed by atoms with Gasteiger partial charge in [0, 0.05) is 11.6 Å². The molecule has 0 spiro atoms. The van der Waals surface area contributed by atoms with Crippen molar-refractivity contribution in [2.24, 2.45) is 0 Å². The monoisotopic (exact) mass is 284 g/mol. The molecule has 0 unspecified atom stereocenters. The first-order valence-corrected chi connectivity index (χ1v) is 6.67. The van der Waals surface area contributed by atoms with Gasteiger partial charge in [0.1, 0.15) is 5.69 Å². The second-order valence-electron chi connectivity index (χ2n) is 5.24. The Morgan fingerprint density at radius 3 is 2.81 bits per heavy atom. The number of imidazole rings is 1. The van der Waals surface area contributed by atoms with Gasteiger partial charge in [-0.15, -0.1) is 0 Å². The molecule has 0 radical (unpaired) electrons. The van der Waals surface area contributed by atoms with Crippen LogP contribution in [0.5, 0.6) is 0 Å². The number of aromatic carboxylic acids is 1. The van der Waals surface area contributed by atoms with Gasteiger partial charge in [-0.3, -0.25) is 9.67 Å². The zero-order valence-corrected chi connectivity index (χ0v) is 11.0. The highest BCUT2D eigenvalue weighted by Crippen LogP contribution is 2.36. The summed E-state index contributed by atoms with van der Waals surface area (Å²) in [5.74, 6) is -1.05. The molecular formula is C14H12N4O3. The lowest BCUT2D eigenvalue weighted by molar-refractivity contribution is 0.0690. The fraction of sp³-hybridized carbons (Fsp3) is 0.214. The zero-order valence-electron chi connectivity index (χ0n) is 11.0. The molecule has 106 valence electrons. The number of nitrogens with zero attached hydrogens (tertiary/aromatic N) is 2. The van der Waals surface area contributed by atoms with Crippen molar-refractivity contribution in [2.75, 3.05) is 0 Å². The van der Waals surface area contributed by atoms with Crippen LogP contribution in [-0.2, 0) is 0 Å². The van der Waals surface area contributed by atoms with Crippen LogP contribution in [0.15, 0.2) is 29.1 Å². The molecule has 3 N–H and O–H groups in total. The van der Waals surface area contributed by atoms with Crippen molar-refractivity contribution in [3.8, 4) is 11.3 Å². The summed E-state index contributed by atoms with van der Waals surface area (Å²) in [7, 11) is 0. The van der Waals surface area contributed by atoms with Crippen LogP contribution in [-0.4, -0.2) is 30.8 Å². The molecule has 1 saturated carbocycles. The van der Waals surface area contributed by atoms with Gasteiger partial charge in [-0.25, -0.2) is 9.59 Å². The van der Waals surface area contributed by atoms with E-state index in [0.29, 0.717) is 11.7 Å². The van der Waals surface area contributed by atoms with Crippen molar-refractivity contribution in [3.05, 3.63) is 40.4 Å². The summed E-state index contributed by atoms with van der Waals surface area (Å²) in [4.78, 5) is 25.7. The lowest BCUT2D eigenvalue weighted by Gasteiger charge is -2.00. The second kappa shape index (κ2) is 4.08. The SMILES string of the molecule is O=C(O)c1cc(-c2ccc3c(c2)[nH]c(=O)n3C2CC2)n[nH]1. The summed E-state index contributed by atoms with van der Waals surface area (Å²) in [5, 5.41) is 15.4. The molecule has 1 aliphatic rings. The lowest BCUT2D eigenvalue weighted by atomic mass is 10.1. The predicted molar refractivity (Wildman–Crippen MR) is 75.4 cm³/mol. The van der Waals surface area contributed by atoms with Crippen LogP contribution in [0.4, 0.5) is 0 Å². The highest BCUT2D eigenvalue weighted by molar-refractivity contribution is 5.88.